The molecule has 0 radical (unpaired) electrons. The molecule has 1 aromatic carbocycles. The van der Waals surface area contributed by atoms with Gasteiger partial charge in [0.2, 0.25) is 0 Å². The molecule has 1 unspecified atom stereocenters. The van der Waals surface area contributed by atoms with Crippen LogP contribution in [0.15, 0.2) is 30.6 Å². The van der Waals surface area contributed by atoms with Crippen LogP contribution in [-0.2, 0) is 4.74 Å². The Morgan fingerprint density at radius 3 is 3.16 bits per heavy atom. The number of benzene rings is 1. The maximum atomic E-state index is 11.7. The van der Waals surface area contributed by atoms with Gasteiger partial charge in [-0.25, -0.2) is 9.78 Å². The number of hydrogen-bond donors (Lipinski definition) is 0. The van der Waals surface area contributed by atoms with Gasteiger partial charge >= 0.3 is 6.09 Å². The summed E-state index contributed by atoms with van der Waals surface area (Å²) in [4.78, 5) is 17.9. The van der Waals surface area contributed by atoms with Crippen molar-refractivity contribution < 1.29 is 9.53 Å². The molecule has 0 saturated carbocycles. The van der Waals surface area contributed by atoms with Crippen LogP contribution in [0.1, 0.15) is 19.4 Å². The van der Waals surface area contributed by atoms with Crippen LogP contribution in [0.3, 0.4) is 0 Å². The summed E-state index contributed by atoms with van der Waals surface area (Å²) < 4.78 is 7.20. The molecule has 1 aromatic heterocycles. The van der Waals surface area contributed by atoms with E-state index in [-0.39, 0.29) is 12.1 Å². The average molecular weight is 259 g/mol. The first-order valence-electron chi connectivity index (χ1n) is 6.63. The van der Waals surface area contributed by atoms with E-state index >= 15 is 0 Å². The SMILES string of the molecule is CCOC(=O)N1CCC(n2cnc3ccccc32)C1. The van der Waals surface area contributed by atoms with Crippen molar-refractivity contribution in [3.63, 3.8) is 0 Å². The minimum Gasteiger partial charge on any atom is -0.450 e. The normalized spacial score (nSPS) is 19.0. The molecule has 1 saturated heterocycles. The summed E-state index contributed by atoms with van der Waals surface area (Å²) in [5, 5.41) is 0. The molecule has 1 aliphatic heterocycles. The Morgan fingerprint density at radius 2 is 2.32 bits per heavy atom. The molecule has 5 nitrogen and oxygen atoms in total. The molecular formula is C14H17N3O2. The molecule has 1 aliphatic rings. The maximum Gasteiger partial charge on any atom is 0.409 e. The van der Waals surface area contributed by atoms with Crippen molar-refractivity contribution in [2.24, 2.45) is 0 Å². The molecular weight excluding hydrogens is 242 g/mol. The Hall–Kier alpha value is -2.04. The highest BCUT2D eigenvalue weighted by atomic mass is 16.6. The number of hydrogen-bond acceptors (Lipinski definition) is 3. The third-order valence-electron chi connectivity index (χ3n) is 3.56. The molecule has 1 atom stereocenters. The van der Waals surface area contributed by atoms with Crippen molar-refractivity contribution in [1.29, 1.82) is 0 Å². The van der Waals surface area contributed by atoms with Gasteiger partial charge in [0.05, 0.1) is 30.0 Å². The van der Waals surface area contributed by atoms with Crippen LogP contribution in [0.2, 0.25) is 0 Å². The van der Waals surface area contributed by atoms with Crippen molar-refractivity contribution in [2.75, 3.05) is 19.7 Å². The molecule has 0 spiro atoms. The number of rotatable bonds is 2. The lowest BCUT2D eigenvalue weighted by molar-refractivity contribution is 0.114. The lowest BCUT2D eigenvalue weighted by atomic mass is 10.2. The Bertz CT molecular complexity index is 593. The second kappa shape index (κ2) is 4.91. The minimum absolute atomic E-state index is 0.213. The summed E-state index contributed by atoms with van der Waals surface area (Å²) in [6.45, 7) is 3.69. The molecule has 2 aromatic rings. The molecule has 19 heavy (non-hydrogen) atoms. The van der Waals surface area contributed by atoms with Gasteiger partial charge in [-0.1, -0.05) is 12.1 Å². The quantitative estimate of drug-likeness (QED) is 0.832. The zero-order chi connectivity index (χ0) is 13.2. The lowest BCUT2D eigenvalue weighted by Crippen LogP contribution is -2.29. The van der Waals surface area contributed by atoms with Crippen molar-refractivity contribution in [1.82, 2.24) is 14.5 Å². The first-order valence-corrected chi connectivity index (χ1v) is 6.63. The highest BCUT2D eigenvalue weighted by Gasteiger charge is 2.28. The van der Waals surface area contributed by atoms with Crippen molar-refractivity contribution in [2.45, 2.75) is 19.4 Å². The number of ether oxygens (including phenoxy) is 1. The number of imidazole rings is 1. The van der Waals surface area contributed by atoms with Crippen molar-refractivity contribution >= 4 is 17.1 Å². The Labute approximate surface area is 111 Å². The van der Waals surface area contributed by atoms with E-state index in [1.54, 1.807) is 4.90 Å². The van der Waals surface area contributed by atoms with E-state index in [4.69, 9.17) is 4.74 Å². The highest BCUT2D eigenvalue weighted by Crippen LogP contribution is 2.26. The van der Waals surface area contributed by atoms with Gasteiger partial charge in [0.25, 0.3) is 0 Å². The molecule has 0 bridgehead atoms. The van der Waals surface area contributed by atoms with Gasteiger partial charge in [-0.05, 0) is 25.5 Å². The molecule has 3 rings (SSSR count). The number of carbonyl (C=O) groups excluding carboxylic acids is 1. The van der Waals surface area contributed by atoms with Gasteiger partial charge in [0.1, 0.15) is 0 Å². The highest BCUT2D eigenvalue weighted by molar-refractivity contribution is 5.75. The summed E-state index contributed by atoms with van der Waals surface area (Å²) in [5.41, 5.74) is 2.12. The standard InChI is InChI=1S/C14H17N3O2/c1-2-19-14(18)16-8-7-11(9-16)17-10-15-12-5-3-4-6-13(12)17/h3-6,10-11H,2,7-9H2,1H3. The molecule has 1 fully saturated rings. The summed E-state index contributed by atoms with van der Waals surface area (Å²) in [5.74, 6) is 0. The minimum atomic E-state index is -0.213. The summed E-state index contributed by atoms with van der Waals surface area (Å²) in [6, 6.07) is 8.36. The van der Waals surface area contributed by atoms with Gasteiger partial charge in [-0.3, -0.25) is 0 Å². The van der Waals surface area contributed by atoms with Gasteiger partial charge in [0, 0.05) is 13.1 Å². The van der Waals surface area contributed by atoms with Crippen molar-refractivity contribution in [3.8, 4) is 0 Å². The Morgan fingerprint density at radius 1 is 1.47 bits per heavy atom. The molecule has 1 amide bonds. The van der Waals surface area contributed by atoms with Crippen LogP contribution in [0, 0.1) is 0 Å². The molecule has 100 valence electrons. The first-order chi connectivity index (χ1) is 9.29. The monoisotopic (exact) mass is 259 g/mol. The van der Waals surface area contributed by atoms with Gasteiger partial charge < -0.3 is 14.2 Å². The molecule has 0 aliphatic carbocycles. The lowest BCUT2D eigenvalue weighted by Gasteiger charge is -2.16. The summed E-state index contributed by atoms with van der Waals surface area (Å²) in [6.07, 6.45) is 2.60. The van der Waals surface area contributed by atoms with Crippen LogP contribution >= 0.6 is 0 Å². The average Bonchev–Trinajstić information content (AvgIpc) is 3.05. The number of para-hydroxylation sites is 2. The van der Waals surface area contributed by atoms with Crippen LogP contribution in [-0.4, -0.2) is 40.2 Å². The third-order valence-corrected chi connectivity index (χ3v) is 3.56. The number of carbonyl (C=O) groups is 1. The molecule has 2 heterocycles. The van der Waals surface area contributed by atoms with Gasteiger partial charge in [-0.2, -0.15) is 0 Å². The number of aromatic nitrogens is 2. The Kier molecular flexibility index (Phi) is 3.11. The van der Waals surface area contributed by atoms with E-state index in [2.05, 4.69) is 15.6 Å². The van der Waals surface area contributed by atoms with Gasteiger partial charge in [0.15, 0.2) is 0 Å². The van der Waals surface area contributed by atoms with Gasteiger partial charge in [-0.15, -0.1) is 0 Å². The smallest absolute Gasteiger partial charge is 0.409 e. The predicted molar refractivity (Wildman–Crippen MR) is 72.0 cm³/mol. The third kappa shape index (κ3) is 2.16. The van der Waals surface area contributed by atoms with Crippen molar-refractivity contribution in [3.05, 3.63) is 30.6 Å². The van der Waals surface area contributed by atoms with Crippen LogP contribution < -0.4 is 0 Å². The van der Waals surface area contributed by atoms with Crippen LogP contribution in [0.4, 0.5) is 4.79 Å². The summed E-state index contributed by atoms with van der Waals surface area (Å²) in [7, 11) is 0. The number of nitrogens with zero attached hydrogens (tertiary/aromatic N) is 3. The number of fused-ring (bicyclic) bond motifs is 1. The second-order valence-corrected chi connectivity index (χ2v) is 4.73. The zero-order valence-corrected chi connectivity index (χ0v) is 11.0. The first kappa shape index (κ1) is 12.0. The zero-order valence-electron chi connectivity index (χ0n) is 11.0. The van der Waals surface area contributed by atoms with Crippen LogP contribution in [0.25, 0.3) is 11.0 Å². The number of amides is 1. The van der Waals surface area contributed by atoms with E-state index in [1.807, 2.05) is 31.5 Å². The van der Waals surface area contributed by atoms with Crippen LogP contribution in [0.5, 0.6) is 0 Å². The largest absolute Gasteiger partial charge is 0.450 e. The van der Waals surface area contributed by atoms with E-state index < -0.39 is 0 Å². The van der Waals surface area contributed by atoms with E-state index in [1.165, 1.54) is 0 Å². The van der Waals surface area contributed by atoms with E-state index in [0.717, 1.165) is 24.0 Å². The fourth-order valence-electron chi connectivity index (χ4n) is 2.62. The fraction of sp³-hybridized carbons (Fsp3) is 0.429. The maximum absolute atomic E-state index is 11.7. The van der Waals surface area contributed by atoms with E-state index in [9.17, 15) is 4.79 Å². The summed E-state index contributed by atoms with van der Waals surface area (Å²) >= 11 is 0. The second-order valence-electron chi connectivity index (χ2n) is 4.73. The molecule has 0 N–H and O–H groups in total. The fourth-order valence-corrected chi connectivity index (χ4v) is 2.62. The Balaban J connectivity index is 1.79. The number of likely N-dealkylation sites (tertiary alicyclic amines) is 1. The van der Waals surface area contributed by atoms with E-state index in [0.29, 0.717) is 13.2 Å². The topological polar surface area (TPSA) is 47.4 Å². The molecule has 5 heteroatoms. The predicted octanol–water partition coefficient (Wildman–Crippen LogP) is 2.44.